The summed E-state index contributed by atoms with van der Waals surface area (Å²) in [7, 11) is 0. The molecular weight excluding hydrogens is 688 g/mol. The lowest BCUT2D eigenvalue weighted by Crippen LogP contribution is -2.27. The molecule has 0 rings (SSSR count). The summed E-state index contributed by atoms with van der Waals surface area (Å²) in [6.07, 6.45) is 4.15. The van der Waals surface area contributed by atoms with E-state index in [0.29, 0.717) is 12.8 Å². The number of Topliss-reactive ketones (excluding diaryl/α,β-unsaturated/α-hetero) is 3. The maximum atomic E-state index is 10.8. The maximum absolute atomic E-state index is 10.8. The molecule has 0 bridgehead atoms. The average molecular weight is 729 g/mol. The molecule has 11 nitrogen and oxygen atoms in total. The van der Waals surface area contributed by atoms with Crippen molar-refractivity contribution in [1.82, 2.24) is 5.32 Å². The number of unbranched alkanes of at least 4 members (excludes halogenated alkanes) is 1. The summed E-state index contributed by atoms with van der Waals surface area (Å²) in [6.45, 7) is 4.94. The van der Waals surface area contributed by atoms with Crippen LogP contribution in [0.1, 0.15) is 72.1 Å². The predicted molar refractivity (Wildman–Crippen MR) is 154 cm³/mol. The molecule has 0 unspecified atom stereocenters. The fourth-order valence-electron chi connectivity index (χ4n) is 1.32. The Balaban J connectivity index is -0.000000121. The van der Waals surface area contributed by atoms with E-state index in [2.05, 4.69) is 53.1 Å². The van der Waals surface area contributed by atoms with Crippen LogP contribution >= 0.6 is 47.8 Å². The minimum absolute atomic E-state index is 0.0321. The Labute approximate surface area is 244 Å². The number of alkyl halides is 3. The number of hydrogen-bond acceptors (Lipinski definition) is 8. The number of carbonyl (C=O) groups excluding carboxylic acids is 5. The Kier molecular flexibility index (Phi) is 47.9. The first kappa shape index (κ1) is 45.4. The summed E-state index contributed by atoms with van der Waals surface area (Å²) in [5.41, 5.74) is 4.98. The van der Waals surface area contributed by atoms with Crippen LogP contribution in [0.25, 0.3) is 0 Å². The summed E-state index contributed by atoms with van der Waals surface area (Å²) >= 11 is 9.54. The van der Waals surface area contributed by atoms with Crippen molar-refractivity contribution < 1.29 is 43.8 Å². The number of carbonyl (C=O) groups is 7. The van der Waals surface area contributed by atoms with E-state index in [1.165, 1.54) is 13.8 Å². The van der Waals surface area contributed by atoms with Gasteiger partial charge in [0.15, 0.2) is 5.78 Å². The summed E-state index contributed by atoms with van der Waals surface area (Å²) in [6, 6.07) is 0. The summed E-state index contributed by atoms with van der Waals surface area (Å²) < 4.78 is 0. The van der Waals surface area contributed by atoms with E-state index in [4.69, 9.17) is 15.9 Å². The van der Waals surface area contributed by atoms with E-state index in [9.17, 15) is 33.6 Å². The van der Waals surface area contributed by atoms with Gasteiger partial charge >= 0.3 is 11.9 Å². The van der Waals surface area contributed by atoms with Crippen molar-refractivity contribution in [3.63, 3.8) is 0 Å². The number of nitrogens with one attached hydrogen (secondary N) is 1. The van der Waals surface area contributed by atoms with Crippen molar-refractivity contribution in [2.45, 2.75) is 72.1 Å². The highest BCUT2D eigenvalue weighted by Crippen LogP contribution is 1.93. The number of amides is 1. The van der Waals surface area contributed by atoms with Gasteiger partial charge in [-0.05, 0) is 26.7 Å². The van der Waals surface area contributed by atoms with Crippen molar-refractivity contribution in [3.05, 3.63) is 0 Å². The van der Waals surface area contributed by atoms with E-state index >= 15 is 0 Å². The number of carboxylic acid groups (broad SMARTS) is 2. The van der Waals surface area contributed by atoms with Gasteiger partial charge in [-0.15, -0.1) is 0 Å². The minimum Gasteiger partial charge on any atom is -0.481 e. The quantitative estimate of drug-likeness (QED) is 0.110. The van der Waals surface area contributed by atoms with Crippen molar-refractivity contribution >= 4 is 89.3 Å². The smallest absolute Gasteiger partial charge is 0.303 e. The molecule has 0 saturated carbocycles. The summed E-state index contributed by atoms with van der Waals surface area (Å²) in [5, 5.41) is 21.3. The first-order valence-electron chi connectivity index (χ1n) is 11.3. The molecule has 0 radical (unpaired) electrons. The van der Waals surface area contributed by atoms with Crippen LogP contribution in [0.15, 0.2) is 0 Å². The van der Waals surface area contributed by atoms with Gasteiger partial charge in [-0.25, -0.2) is 0 Å². The molecule has 0 aromatic rings. The van der Waals surface area contributed by atoms with Gasteiger partial charge in [0.05, 0.1) is 19.4 Å². The van der Waals surface area contributed by atoms with Crippen LogP contribution in [0.4, 0.5) is 0 Å². The number of hydrogen-bond donors (Lipinski definition) is 4. The molecule has 0 aliphatic rings. The molecule has 14 heteroatoms. The summed E-state index contributed by atoms with van der Waals surface area (Å²) in [5.74, 6) is -2.29. The van der Waals surface area contributed by atoms with Crippen LogP contribution in [-0.4, -0.2) is 80.8 Å². The lowest BCUT2D eigenvalue weighted by Gasteiger charge is -1.98. The molecule has 218 valence electrons. The zero-order chi connectivity index (χ0) is 30.1. The van der Waals surface area contributed by atoms with Crippen LogP contribution in [0.3, 0.4) is 0 Å². The van der Waals surface area contributed by atoms with Gasteiger partial charge in [0.25, 0.3) is 0 Å². The number of halogens is 3. The Morgan fingerprint density at radius 1 is 0.730 bits per heavy atom. The minimum atomic E-state index is -1.01. The Hall–Kier alpha value is -1.51. The molecule has 0 aromatic heterocycles. The molecule has 0 heterocycles. The molecule has 0 atom stereocenters. The number of aliphatic carboxylic acids is 2. The molecule has 0 saturated heterocycles. The van der Waals surface area contributed by atoms with Crippen LogP contribution in [-0.2, 0) is 33.6 Å². The van der Waals surface area contributed by atoms with Gasteiger partial charge in [0.1, 0.15) is 17.9 Å². The number of nitrogens with two attached hydrogens (primary N) is 1. The monoisotopic (exact) mass is 726 g/mol. The third-order valence-corrected chi connectivity index (χ3v) is 4.65. The van der Waals surface area contributed by atoms with E-state index in [-0.39, 0.29) is 55.5 Å². The lowest BCUT2D eigenvalue weighted by molar-refractivity contribution is -0.139. The van der Waals surface area contributed by atoms with Gasteiger partial charge in [0.2, 0.25) is 5.91 Å². The molecule has 0 fully saturated rings. The van der Waals surface area contributed by atoms with Crippen molar-refractivity contribution in [1.29, 1.82) is 0 Å². The second kappa shape index (κ2) is 39.0. The van der Waals surface area contributed by atoms with Gasteiger partial charge in [-0.2, -0.15) is 0 Å². The molecule has 5 N–H and O–H groups in total. The van der Waals surface area contributed by atoms with Gasteiger partial charge in [-0.3, -0.25) is 19.2 Å². The first-order chi connectivity index (χ1) is 17.2. The van der Waals surface area contributed by atoms with Crippen molar-refractivity contribution in [2.24, 2.45) is 5.73 Å². The Morgan fingerprint density at radius 3 is 1.38 bits per heavy atom. The Morgan fingerprint density at radius 2 is 1.16 bits per heavy atom. The molecule has 0 aromatic carbocycles. The molecule has 37 heavy (non-hydrogen) atoms. The molecule has 0 aliphatic carbocycles. The number of rotatable bonds is 15. The van der Waals surface area contributed by atoms with Gasteiger partial charge < -0.3 is 35.6 Å². The fourth-order valence-corrected chi connectivity index (χ4v) is 1.92. The first-order valence-corrected chi connectivity index (χ1v) is 14.6. The van der Waals surface area contributed by atoms with E-state index in [0.717, 1.165) is 41.7 Å². The third kappa shape index (κ3) is 78.8. The number of ketones is 3. The standard InChI is InChI=1S/C7H11NO4.C5H9BrO.C5H8O3.C4H7BrO.C2H6BrN/c1-5(9)8-4-6(10)2-3-7(11)12;1-5(7)3-2-4-6;1-4(6)2-3-5(7)8;5-3-1-2-4-6;3-1-2-4/h2-4H2,1H3,(H,8,9)(H,11,12);2-4H2,1H3;2-3H2,1H3,(H,7,8);4H,1-3H2;1-2,4H2. The highest BCUT2D eigenvalue weighted by atomic mass is 79.9. The van der Waals surface area contributed by atoms with E-state index in [1.807, 2.05) is 0 Å². The zero-order valence-electron chi connectivity index (χ0n) is 21.7. The highest BCUT2D eigenvalue weighted by Gasteiger charge is 2.05. The molecule has 0 spiro atoms. The third-order valence-electron chi connectivity index (χ3n) is 3.07. The van der Waals surface area contributed by atoms with Gasteiger partial charge in [-0.1, -0.05) is 47.8 Å². The van der Waals surface area contributed by atoms with Crippen LogP contribution in [0.5, 0.6) is 0 Å². The number of aldehydes is 1. The predicted octanol–water partition coefficient (Wildman–Crippen LogP) is 3.45. The SMILES string of the molecule is CC(=O)CCC(=O)O.CC(=O)CCCBr.CC(=O)NCC(=O)CCC(=O)O.NCCBr.O=CCCCBr. The largest absolute Gasteiger partial charge is 0.481 e. The van der Waals surface area contributed by atoms with Crippen LogP contribution in [0.2, 0.25) is 0 Å². The van der Waals surface area contributed by atoms with Crippen molar-refractivity contribution in [2.75, 3.05) is 29.1 Å². The van der Waals surface area contributed by atoms with Crippen molar-refractivity contribution in [3.8, 4) is 0 Å². The fraction of sp³-hybridized carbons (Fsp3) is 0.696. The van der Waals surface area contributed by atoms with Crippen LogP contribution in [0, 0.1) is 0 Å². The molecule has 1 amide bonds. The highest BCUT2D eigenvalue weighted by molar-refractivity contribution is 9.09. The normalized spacial score (nSPS) is 8.62. The molecule has 0 aliphatic heterocycles. The van der Waals surface area contributed by atoms with E-state index in [1.54, 1.807) is 6.92 Å². The average Bonchev–Trinajstić information content (AvgIpc) is 2.83. The maximum Gasteiger partial charge on any atom is 0.303 e. The topological polar surface area (TPSA) is 198 Å². The number of carboxylic acids is 2. The van der Waals surface area contributed by atoms with Gasteiger partial charge in [0, 0.05) is 55.1 Å². The molecular formula is C23H41Br3N2O9. The second-order valence-corrected chi connectivity index (χ2v) is 9.29. The Bertz CT molecular complexity index is 599. The van der Waals surface area contributed by atoms with E-state index < -0.39 is 11.9 Å². The lowest BCUT2D eigenvalue weighted by atomic mass is 10.2. The summed E-state index contributed by atoms with van der Waals surface area (Å²) in [4.78, 5) is 70.6. The second-order valence-electron chi connectivity index (χ2n) is 6.91. The van der Waals surface area contributed by atoms with Crippen LogP contribution < -0.4 is 11.1 Å². The zero-order valence-corrected chi connectivity index (χ0v) is 26.5.